The molecule has 0 amide bonds. The molecule has 0 radical (unpaired) electrons. The van der Waals surface area contributed by atoms with Crippen LogP contribution in [0.3, 0.4) is 0 Å². The number of pyridine rings is 1. The largest absolute Gasteiger partial charge is 1.00 e. The van der Waals surface area contributed by atoms with Gasteiger partial charge in [-0.1, -0.05) is 42.5 Å². The number of hydrogen-bond acceptors (Lipinski definition) is 2. The van der Waals surface area contributed by atoms with Gasteiger partial charge in [-0.05, 0) is 12.1 Å². The van der Waals surface area contributed by atoms with Crippen molar-refractivity contribution in [3.63, 3.8) is 0 Å². The molecule has 0 saturated heterocycles. The van der Waals surface area contributed by atoms with Gasteiger partial charge in [0.2, 0.25) is 0 Å². The zero-order valence-corrected chi connectivity index (χ0v) is 15.2. The van der Waals surface area contributed by atoms with Crippen LogP contribution in [0.4, 0.5) is 0 Å². The van der Waals surface area contributed by atoms with Gasteiger partial charge in [0.25, 0.3) is 0 Å². The second-order valence-corrected chi connectivity index (χ2v) is 6.02. The van der Waals surface area contributed by atoms with E-state index in [-0.39, 0.29) is 28.9 Å². The highest BCUT2D eigenvalue weighted by molar-refractivity contribution is 5.99. The average molecular weight is 396 g/mol. The van der Waals surface area contributed by atoms with Gasteiger partial charge in [0.1, 0.15) is 11.9 Å². The van der Waals surface area contributed by atoms with E-state index in [1.165, 1.54) is 5.56 Å². The van der Waals surface area contributed by atoms with E-state index < -0.39 is 0 Å². The van der Waals surface area contributed by atoms with Crippen molar-refractivity contribution in [2.45, 2.75) is 19.1 Å². The number of aromatic nitrogens is 1. The van der Waals surface area contributed by atoms with Gasteiger partial charge < -0.3 is 21.7 Å². The number of ketones is 1. The van der Waals surface area contributed by atoms with Gasteiger partial charge in [0, 0.05) is 23.3 Å². The van der Waals surface area contributed by atoms with Crippen LogP contribution in [0.2, 0.25) is 0 Å². The van der Waals surface area contributed by atoms with E-state index in [2.05, 4.69) is 16.7 Å². The van der Waals surface area contributed by atoms with Crippen LogP contribution in [0, 0.1) is 0 Å². The van der Waals surface area contributed by atoms with Crippen LogP contribution in [-0.2, 0) is 6.54 Å². The molecule has 4 heteroatoms. The first-order chi connectivity index (χ1) is 11.8. The molecule has 2 aromatic carbocycles. The fourth-order valence-electron chi connectivity index (χ4n) is 3.04. The third-order valence-electron chi connectivity index (χ3n) is 4.32. The summed E-state index contributed by atoms with van der Waals surface area (Å²) in [5.74, 6) is 0.822. The smallest absolute Gasteiger partial charge is 0.173 e. The lowest BCUT2D eigenvalue weighted by Gasteiger charge is -2.25. The second-order valence-electron chi connectivity index (χ2n) is 6.02. The molecule has 0 N–H and O–H groups in total. The van der Waals surface area contributed by atoms with E-state index in [9.17, 15) is 4.79 Å². The molecule has 0 bridgehead atoms. The molecule has 0 spiro atoms. The third-order valence-corrected chi connectivity index (χ3v) is 4.32. The zero-order chi connectivity index (χ0) is 16.4. The summed E-state index contributed by atoms with van der Waals surface area (Å²) in [5.41, 5.74) is 2.97. The molecule has 3 nitrogen and oxygen atoms in total. The van der Waals surface area contributed by atoms with Crippen molar-refractivity contribution in [1.29, 1.82) is 0 Å². The number of hydrogen-bond donors (Lipinski definition) is 0. The number of carbonyl (C=O) groups excluding carboxylic acids is 1. The summed E-state index contributed by atoms with van der Waals surface area (Å²) in [6.45, 7) is 0.828. The Kier molecular flexibility index (Phi) is 5.29. The fraction of sp³-hybridized carbons (Fsp3) is 0.143. The first kappa shape index (κ1) is 17.4. The van der Waals surface area contributed by atoms with Gasteiger partial charge in [-0.25, -0.2) is 4.57 Å². The maximum absolute atomic E-state index is 12.3. The number of ether oxygens (including phenoxy) is 1. The molecule has 4 rings (SSSR count). The molecular formula is C21H18BrNO2. The van der Waals surface area contributed by atoms with E-state index in [4.69, 9.17) is 4.74 Å². The molecule has 1 unspecified atom stereocenters. The Balaban J connectivity index is 0.00000182. The van der Waals surface area contributed by atoms with Crippen molar-refractivity contribution in [2.24, 2.45) is 0 Å². The van der Waals surface area contributed by atoms with Crippen molar-refractivity contribution >= 4 is 5.78 Å². The highest BCUT2D eigenvalue weighted by Crippen LogP contribution is 2.34. The molecule has 126 valence electrons. The quantitative estimate of drug-likeness (QED) is 0.612. The Hall–Kier alpha value is -2.46. The molecule has 1 atom stereocenters. The summed E-state index contributed by atoms with van der Waals surface area (Å²) < 4.78 is 8.14. The summed E-state index contributed by atoms with van der Waals surface area (Å²) in [4.78, 5) is 12.3. The van der Waals surface area contributed by atoms with Crippen LogP contribution >= 0.6 is 0 Å². The standard InChI is InChI=1S/C21H18NO2.BrH/c23-19-14-21(24-20-9-5-4-8-18(19)20)17-10-12-22(13-11-17)15-16-6-2-1-3-7-16;/h1-13,21H,14-15H2;1H/q+1;/p-1. The van der Waals surface area contributed by atoms with Gasteiger partial charge in [-0.3, -0.25) is 4.79 Å². The molecule has 3 aromatic rings. The number of benzene rings is 2. The zero-order valence-electron chi connectivity index (χ0n) is 13.6. The number of fused-ring (bicyclic) bond motifs is 1. The van der Waals surface area contributed by atoms with E-state index in [1.807, 2.05) is 67.0 Å². The van der Waals surface area contributed by atoms with E-state index in [0.717, 1.165) is 12.1 Å². The van der Waals surface area contributed by atoms with Gasteiger partial charge in [0.05, 0.1) is 12.0 Å². The van der Waals surface area contributed by atoms with Crippen molar-refractivity contribution in [3.05, 3.63) is 95.8 Å². The molecular weight excluding hydrogens is 378 g/mol. The average Bonchev–Trinajstić information content (AvgIpc) is 2.63. The van der Waals surface area contributed by atoms with E-state index in [1.54, 1.807) is 0 Å². The molecule has 2 heterocycles. The van der Waals surface area contributed by atoms with Crippen molar-refractivity contribution in [3.8, 4) is 5.75 Å². The minimum absolute atomic E-state index is 0. The summed E-state index contributed by atoms with van der Waals surface area (Å²) >= 11 is 0. The predicted octanol–water partition coefficient (Wildman–Crippen LogP) is 0.733. The Morgan fingerprint density at radius 1 is 0.920 bits per heavy atom. The Morgan fingerprint density at radius 3 is 2.36 bits per heavy atom. The van der Waals surface area contributed by atoms with Gasteiger partial charge >= 0.3 is 0 Å². The fourth-order valence-corrected chi connectivity index (χ4v) is 3.04. The Morgan fingerprint density at radius 2 is 1.60 bits per heavy atom. The summed E-state index contributed by atoms with van der Waals surface area (Å²) in [6.07, 6.45) is 4.26. The minimum Gasteiger partial charge on any atom is -1.00 e. The van der Waals surface area contributed by atoms with Crippen molar-refractivity contribution < 1.29 is 31.1 Å². The highest BCUT2D eigenvalue weighted by Gasteiger charge is 2.27. The number of nitrogens with zero attached hydrogens (tertiary/aromatic N) is 1. The van der Waals surface area contributed by atoms with Crippen LogP contribution in [-0.4, -0.2) is 5.78 Å². The second kappa shape index (κ2) is 7.62. The molecule has 1 aromatic heterocycles. The third kappa shape index (κ3) is 3.80. The molecule has 25 heavy (non-hydrogen) atoms. The molecule has 0 aliphatic carbocycles. The van der Waals surface area contributed by atoms with Crippen LogP contribution in [0.5, 0.6) is 5.75 Å². The highest BCUT2D eigenvalue weighted by atomic mass is 79.9. The SMILES string of the molecule is O=C1CC(c2cc[n+](Cc3ccccc3)cc2)Oc2ccccc21.[Br-]. The lowest BCUT2D eigenvalue weighted by Crippen LogP contribution is -3.00. The molecule has 0 saturated carbocycles. The van der Waals surface area contributed by atoms with Gasteiger partial charge in [-0.2, -0.15) is 0 Å². The van der Waals surface area contributed by atoms with Crippen molar-refractivity contribution in [1.82, 2.24) is 0 Å². The molecule has 1 aliphatic rings. The summed E-state index contributed by atoms with van der Waals surface area (Å²) in [6, 6.07) is 21.9. The van der Waals surface area contributed by atoms with Crippen LogP contribution in [0.15, 0.2) is 79.1 Å². The number of halogens is 1. The monoisotopic (exact) mass is 395 g/mol. The maximum atomic E-state index is 12.3. The Labute approximate surface area is 157 Å². The van der Waals surface area contributed by atoms with Gasteiger partial charge in [-0.15, -0.1) is 0 Å². The van der Waals surface area contributed by atoms with Crippen LogP contribution in [0.25, 0.3) is 0 Å². The number of rotatable bonds is 3. The Bertz CT molecular complexity index is 863. The maximum Gasteiger partial charge on any atom is 0.173 e. The van der Waals surface area contributed by atoms with Crippen molar-refractivity contribution in [2.75, 3.05) is 0 Å². The lowest BCUT2D eigenvalue weighted by molar-refractivity contribution is -0.688. The number of para-hydroxylation sites is 1. The topological polar surface area (TPSA) is 30.2 Å². The van der Waals surface area contributed by atoms with E-state index >= 15 is 0 Å². The summed E-state index contributed by atoms with van der Waals surface area (Å²) in [5, 5.41) is 0. The molecule has 0 fully saturated rings. The lowest BCUT2D eigenvalue weighted by atomic mass is 9.97. The summed E-state index contributed by atoms with van der Waals surface area (Å²) in [7, 11) is 0. The normalized spacial score (nSPS) is 15.7. The number of carbonyl (C=O) groups is 1. The molecule has 1 aliphatic heterocycles. The minimum atomic E-state index is -0.209. The van der Waals surface area contributed by atoms with E-state index in [0.29, 0.717) is 17.7 Å². The van der Waals surface area contributed by atoms with Gasteiger partial charge in [0.15, 0.2) is 24.7 Å². The van der Waals surface area contributed by atoms with Crippen LogP contribution < -0.4 is 26.3 Å². The number of Topliss-reactive ketones (excluding diaryl/α,β-unsaturated/α-hetero) is 1. The first-order valence-corrected chi connectivity index (χ1v) is 8.11. The first-order valence-electron chi connectivity index (χ1n) is 8.11. The predicted molar refractivity (Wildman–Crippen MR) is 90.9 cm³/mol. The van der Waals surface area contributed by atoms with Crippen LogP contribution in [0.1, 0.15) is 34.0 Å².